The smallest absolute Gasteiger partial charge is 0.251 e. The van der Waals surface area contributed by atoms with E-state index in [9.17, 15) is 9.50 Å². The molecule has 0 saturated carbocycles. The van der Waals surface area contributed by atoms with Crippen molar-refractivity contribution in [2.75, 3.05) is 0 Å². The molecule has 154 valence electrons. The van der Waals surface area contributed by atoms with Gasteiger partial charge < -0.3 is 5.11 Å². The zero-order valence-corrected chi connectivity index (χ0v) is 19.1. The minimum atomic E-state index is -0.309. The molecule has 3 aromatic carbocycles. The van der Waals surface area contributed by atoms with Gasteiger partial charge in [0.05, 0.1) is 22.6 Å². The van der Waals surface area contributed by atoms with Crippen LogP contribution in [0.25, 0.3) is 11.3 Å². The summed E-state index contributed by atoms with van der Waals surface area (Å²) < 4.78 is 16.0. The van der Waals surface area contributed by atoms with E-state index in [1.165, 1.54) is 23.0 Å². The first kappa shape index (κ1) is 21.1. The highest BCUT2D eigenvalue weighted by atomic mass is 79.9. The molecule has 0 aliphatic carbocycles. The van der Waals surface area contributed by atoms with Crippen molar-refractivity contribution in [2.45, 2.75) is 0 Å². The molecule has 8 heteroatoms. The molecule has 0 radical (unpaired) electrons. The van der Waals surface area contributed by atoms with Gasteiger partial charge in [0, 0.05) is 21.8 Å². The highest BCUT2D eigenvalue weighted by Gasteiger charge is 2.10. The number of imidazole rings is 1. The van der Waals surface area contributed by atoms with Crippen molar-refractivity contribution in [2.24, 2.45) is 10.1 Å². The van der Waals surface area contributed by atoms with Gasteiger partial charge in [0.25, 0.3) is 5.95 Å². The van der Waals surface area contributed by atoms with E-state index in [1.807, 2.05) is 30.3 Å². The average Bonchev–Trinajstić information content (AvgIpc) is 3.18. The summed E-state index contributed by atoms with van der Waals surface area (Å²) in [4.78, 5) is 9.03. The maximum absolute atomic E-state index is 13.2. The number of rotatable bonds is 5. The lowest BCUT2D eigenvalue weighted by molar-refractivity contribution is 0.471. The quantitative estimate of drug-likeness (QED) is 0.291. The number of halogens is 3. The van der Waals surface area contributed by atoms with Gasteiger partial charge in [0.1, 0.15) is 11.6 Å². The summed E-state index contributed by atoms with van der Waals surface area (Å²) in [7, 11) is 0. The Labute approximate surface area is 194 Å². The van der Waals surface area contributed by atoms with E-state index in [0.717, 1.165) is 15.6 Å². The molecule has 0 fully saturated rings. The monoisotopic (exact) mass is 540 g/mol. The zero-order chi connectivity index (χ0) is 21.8. The van der Waals surface area contributed by atoms with Gasteiger partial charge in [-0.05, 0) is 45.8 Å². The molecule has 0 spiro atoms. The molecule has 31 heavy (non-hydrogen) atoms. The second-order valence-electron chi connectivity index (χ2n) is 6.52. The number of hydrogen-bond acceptors (Lipinski definition) is 4. The molecule has 1 heterocycles. The van der Waals surface area contributed by atoms with Gasteiger partial charge in [-0.25, -0.2) is 19.0 Å². The van der Waals surface area contributed by atoms with Crippen LogP contribution in [0, 0.1) is 5.82 Å². The van der Waals surface area contributed by atoms with Gasteiger partial charge in [-0.15, -0.1) is 0 Å². The van der Waals surface area contributed by atoms with Gasteiger partial charge in [-0.1, -0.05) is 58.4 Å². The summed E-state index contributed by atoms with van der Waals surface area (Å²) in [5, 5.41) is 14.7. The highest BCUT2D eigenvalue weighted by Crippen LogP contribution is 2.31. The summed E-state index contributed by atoms with van der Waals surface area (Å²) >= 11 is 6.72. The van der Waals surface area contributed by atoms with E-state index in [0.29, 0.717) is 21.7 Å². The van der Waals surface area contributed by atoms with Crippen LogP contribution in [0.15, 0.2) is 92.0 Å². The van der Waals surface area contributed by atoms with E-state index in [1.54, 1.807) is 36.7 Å². The summed E-state index contributed by atoms with van der Waals surface area (Å²) in [6, 6.07) is 19.2. The van der Waals surface area contributed by atoms with Crippen LogP contribution in [0.3, 0.4) is 0 Å². The fourth-order valence-electron chi connectivity index (χ4n) is 2.77. The average molecular weight is 542 g/mol. The van der Waals surface area contributed by atoms with Crippen LogP contribution in [0.5, 0.6) is 5.75 Å². The van der Waals surface area contributed by atoms with Gasteiger partial charge in [-0.2, -0.15) is 5.10 Å². The van der Waals surface area contributed by atoms with Crippen molar-refractivity contribution in [3.05, 3.63) is 98.8 Å². The van der Waals surface area contributed by atoms with Gasteiger partial charge in [-0.3, -0.25) is 0 Å². The molecule has 0 aliphatic rings. The fraction of sp³-hybridized carbons (Fsp3) is 0. The number of benzene rings is 3. The van der Waals surface area contributed by atoms with Crippen LogP contribution in [0.4, 0.5) is 10.3 Å². The molecule has 4 rings (SSSR count). The first-order valence-corrected chi connectivity index (χ1v) is 10.7. The molecular formula is C23H15Br2FN4O. The van der Waals surface area contributed by atoms with Crippen molar-refractivity contribution in [1.82, 2.24) is 9.66 Å². The summed E-state index contributed by atoms with van der Waals surface area (Å²) in [6.07, 6.45) is 4.88. The SMILES string of the molecule is Oc1c(Br)cc(Br)cc1/C=N/c1nc(-c2ccccc2)cn1/N=C/c1ccc(F)cc1. The minimum absolute atomic E-state index is 0.0724. The zero-order valence-electron chi connectivity index (χ0n) is 16.0. The van der Waals surface area contributed by atoms with E-state index >= 15 is 0 Å². The Hall–Kier alpha value is -3.10. The van der Waals surface area contributed by atoms with Crippen molar-refractivity contribution in [1.29, 1.82) is 0 Å². The molecule has 4 aromatic rings. The van der Waals surface area contributed by atoms with Crippen LogP contribution < -0.4 is 0 Å². The Bertz CT molecular complexity index is 1270. The molecule has 0 amide bonds. The molecule has 0 unspecified atom stereocenters. The first-order valence-electron chi connectivity index (χ1n) is 9.16. The summed E-state index contributed by atoms with van der Waals surface area (Å²) in [6.45, 7) is 0. The Morgan fingerprint density at radius 1 is 0.968 bits per heavy atom. The molecule has 5 nitrogen and oxygen atoms in total. The highest BCUT2D eigenvalue weighted by molar-refractivity contribution is 9.11. The minimum Gasteiger partial charge on any atom is -0.506 e. The molecular weight excluding hydrogens is 527 g/mol. The first-order chi connectivity index (χ1) is 15.0. The number of aromatic hydroxyl groups is 1. The lowest BCUT2D eigenvalue weighted by atomic mass is 10.2. The number of phenols is 1. The van der Waals surface area contributed by atoms with Gasteiger partial charge in [0.2, 0.25) is 0 Å². The van der Waals surface area contributed by atoms with Crippen LogP contribution in [-0.4, -0.2) is 27.2 Å². The Morgan fingerprint density at radius 2 is 1.71 bits per heavy atom. The third-order valence-corrected chi connectivity index (χ3v) is 5.38. The Morgan fingerprint density at radius 3 is 2.45 bits per heavy atom. The van der Waals surface area contributed by atoms with Crippen LogP contribution >= 0.6 is 31.9 Å². The van der Waals surface area contributed by atoms with Crippen LogP contribution in [0.1, 0.15) is 11.1 Å². The van der Waals surface area contributed by atoms with Crippen molar-refractivity contribution >= 4 is 50.2 Å². The number of hydrogen-bond donors (Lipinski definition) is 1. The largest absolute Gasteiger partial charge is 0.506 e. The maximum atomic E-state index is 13.2. The molecule has 0 atom stereocenters. The molecule has 0 saturated heterocycles. The lowest BCUT2D eigenvalue weighted by Crippen LogP contribution is -1.90. The lowest BCUT2D eigenvalue weighted by Gasteiger charge is -2.02. The summed E-state index contributed by atoms with van der Waals surface area (Å²) in [5.74, 6) is 0.0901. The van der Waals surface area contributed by atoms with Gasteiger partial charge >= 0.3 is 0 Å². The normalized spacial score (nSPS) is 11.6. The molecule has 1 N–H and O–H groups in total. The van der Waals surface area contributed by atoms with Crippen LogP contribution in [-0.2, 0) is 0 Å². The third kappa shape index (κ3) is 5.15. The Kier molecular flexibility index (Phi) is 6.39. The van der Waals surface area contributed by atoms with Gasteiger partial charge in [0.15, 0.2) is 0 Å². The number of phenolic OH excluding ortho intramolecular Hbond substituents is 1. The summed E-state index contributed by atoms with van der Waals surface area (Å²) in [5.41, 5.74) is 2.87. The molecule has 1 aromatic heterocycles. The van der Waals surface area contributed by atoms with E-state index in [2.05, 4.69) is 46.9 Å². The predicted molar refractivity (Wildman–Crippen MR) is 128 cm³/mol. The fourth-order valence-corrected chi connectivity index (χ4v) is 4.03. The number of nitrogens with zero attached hydrogens (tertiary/aromatic N) is 4. The third-order valence-electron chi connectivity index (χ3n) is 4.32. The maximum Gasteiger partial charge on any atom is 0.251 e. The number of aromatic nitrogens is 2. The topological polar surface area (TPSA) is 62.8 Å². The van der Waals surface area contributed by atoms with E-state index in [-0.39, 0.29) is 11.6 Å². The van der Waals surface area contributed by atoms with Crippen molar-refractivity contribution < 1.29 is 9.50 Å². The van der Waals surface area contributed by atoms with Crippen molar-refractivity contribution in [3.63, 3.8) is 0 Å². The number of aliphatic imine (C=N–C) groups is 1. The predicted octanol–water partition coefficient (Wildman–Crippen LogP) is 6.55. The standard InChI is InChI=1S/C23H15Br2FN4O/c24-18-10-17(22(31)20(25)11-18)13-27-23-29-21(16-4-2-1-3-5-16)14-30(23)28-12-15-6-8-19(26)9-7-15/h1-14,31H/b27-13+,28-12+. The van der Waals surface area contributed by atoms with Crippen LogP contribution in [0.2, 0.25) is 0 Å². The Balaban J connectivity index is 1.73. The second-order valence-corrected chi connectivity index (χ2v) is 8.29. The van der Waals surface area contributed by atoms with E-state index < -0.39 is 0 Å². The van der Waals surface area contributed by atoms with E-state index in [4.69, 9.17) is 0 Å². The molecule has 0 bridgehead atoms. The second kappa shape index (κ2) is 9.36. The van der Waals surface area contributed by atoms with Crippen molar-refractivity contribution in [3.8, 4) is 17.0 Å². The molecule has 0 aliphatic heterocycles.